The van der Waals surface area contributed by atoms with Crippen molar-refractivity contribution in [1.29, 1.82) is 0 Å². The van der Waals surface area contributed by atoms with E-state index in [1.165, 1.54) is 0 Å². The van der Waals surface area contributed by atoms with Gasteiger partial charge in [0, 0.05) is 16.4 Å². The van der Waals surface area contributed by atoms with Crippen molar-refractivity contribution in [2.45, 2.75) is 0 Å². The standard InChI is InChI=1S/C14H12BrN3O3/c15-9-1-6-12(17-7-9)14(20)18-10-2-4-11(5-3-10)21-8-13(16)19/h1-7H,8H2,(H2,16,19)(H,18,20). The molecule has 21 heavy (non-hydrogen) atoms. The van der Waals surface area contributed by atoms with Crippen LogP contribution in [-0.4, -0.2) is 23.4 Å². The smallest absolute Gasteiger partial charge is 0.274 e. The number of pyridine rings is 1. The Balaban J connectivity index is 1.98. The molecule has 0 atom stereocenters. The minimum Gasteiger partial charge on any atom is -0.484 e. The van der Waals surface area contributed by atoms with E-state index in [1.807, 2.05) is 0 Å². The molecule has 2 aromatic rings. The first-order chi connectivity index (χ1) is 10.0. The first kappa shape index (κ1) is 15.0. The Kier molecular flexibility index (Phi) is 4.89. The van der Waals surface area contributed by atoms with Crippen molar-refractivity contribution in [3.63, 3.8) is 0 Å². The molecule has 1 heterocycles. The molecule has 1 aromatic carbocycles. The van der Waals surface area contributed by atoms with Crippen LogP contribution < -0.4 is 15.8 Å². The summed E-state index contributed by atoms with van der Waals surface area (Å²) in [6.45, 7) is -0.186. The number of benzene rings is 1. The van der Waals surface area contributed by atoms with Gasteiger partial charge in [0.05, 0.1) is 0 Å². The monoisotopic (exact) mass is 349 g/mol. The minimum atomic E-state index is -0.548. The summed E-state index contributed by atoms with van der Waals surface area (Å²) in [6, 6.07) is 9.94. The highest BCUT2D eigenvalue weighted by molar-refractivity contribution is 9.10. The van der Waals surface area contributed by atoms with Crippen molar-refractivity contribution in [2.24, 2.45) is 5.73 Å². The predicted octanol–water partition coefficient (Wildman–Crippen LogP) is 1.96. The average molecular weight is 350 g/mol. The number of hydrogen-bond acceptors (Lipinski definition) is 4. The van der Waals surface area contributed by atoms with Gasteiger partial charge >= 0.3 is 0 Å². The third kappa shape index (κ3) is 4.57. The Morgan fingerprint density at radius 2 is 1.90 bits per heavy atom. The Bertz CT molecular complexity index is 642. The van der Waals surface area contributed by atoms with Gasteiger partial charge in [-0.2, -0.15) is 0 Å². The zero-order chi connectivity index (χ0) is 15.2. The maximum atomic E-state index is 11.9. The molecule has 0 aliphatic carbocycles. The third-order valence-corrected chi connectivity index (χ3v) is 2.92. The second-order valence-corrected chi connectivity index (χ2v) is 5.01. The number of aromatic nitrogens is 1. The number of hydrogen-bond donors (Lipinski definition) is 2. The molecule has 108 valence electrons. The van der Waals surface area contributed by atoms with Crippen molar-refractivity contribution in [3.05, 3.63) is 52.8 Å². The Morgan fingerprint density at radius 3 is 2.48 bits per heavy atom. The van der Waals surface area contributed by atoms with Gasteiger partial charge in [-0.05, 0) is 52.3 Å². The van der Waals surface area contributed by atoms with Crippen LogP contribution in [-0.2, 0) is 4.79 Å². The van der Waals surface area contributed by atoms with Crippen LogP contribution in [0.3, 0.4) is 0 Å². The lowest BCUT2D eigenvalue weighted by Gasteiger charge is -2.07. The van der Waals surface area contributed by atoms with Crippen LogP contribution in [0.1, 0.15) is 10.5 Å². The van der Waals surface area contributed by atoms with Gasteiger partial charge in [0.2, 0.25) is 0 Å². The van der Waals surface area contributed by atoms with Gasteiger partial charge in [-0.25, -0.2) is 4.98 Å². The number of halogens is 1. The van der Waals surface area contributed by atoms with E-state index in [1.54, 1.807) is 42.6 Å². The zero-order valence-electron chi connectivity index (χ0n) is 10.9. The van der Waals surface area contributed by atoms with Crippen molar-refractivity contribution in [3.8, 4) is 5.75 Å². The van der Waals surface area contributed by atoms with Gasteiger partial charge in [-0.15, -0.1) is 0 Å². The summed E-state index contributed by atoms with van der Waals surface area (Å²) in [5.74, 6) is -0.365. The van der Waals surface area contributed by atoms with Crippen LogP contribution in [0.4, 0.5) is 5.69 Å². The topological polar surface area (TPSA) is 94.3 Å². The highest BCUT2D eigenvalue weighted by Crippen LogP contribution is 2.16. The lowest BCUT2D eigenvalue weighted by atomic mass is 10.3. The number of ether oxygens (including phenoxy) is 1. The van der Waals surface area contributed by atoms with E-state index in [4.69, 9.17) is 10.5 Å². The molecule has 3 N–H and O–H groups in total. The fourth-order valence-corrected chi connectivity index (χ4v) is 1.73. The SMILES string of the molecule is NC(=O)COc1ccc(NC(=O)c2ccc(Br)cn2)cc1. The number of anilines is 1. The van der Waals surface area contributed by atoms with Crippen molar-refractivity contribution >= 4 is 33.4 Å². The second-order valence-electron chi connectivity index (χ2n) is 4.10. The van der Waals surface area contributed by atoms with Crippen LogP contribution in [0.2, 0.25) is 0 Å². The molecular formula is C14H12BrN3O3. The lowest BCUT2D eigenvalue weighted by molar-refractivity contribution is -0.119. The van der Waals surface area contributed by atoms with E-state index in [-0.39, 0.29) is 12.5 Å². The van der Waals surface area contributed by atoms with Gasteiger partial charge in [0.1, 0.15) is 11.4 Å². The maximum Gasteiger partial charge on any atom is 0.274 e. The molecule has 2 rings (SSSR count). The number of carbonyl (C=O) groups is 2. The number of primary amides is 1. The molecule has 2 amide bonds. The molecule has 0 spiro atoms. The number of rotatable bonds is 5. The number of nitrogens with zero attached hydrogens (tertiary/aromatic N) is 1. The van der Waals surface area contributed by atoms with Gasteiger partial charge in [0.25, 0.3) is 11.8 Å². The molecule has 0 fully saturated rings. The summed E-state index contributed by atoms with van der Waals surface area (Å²) in [5, 5.41) is 2.71. The van der Waals surface area contributed by atoms with E-state index < -0.39 is 5.91 Å². The number of carbonyl (C=O) groups excluding carboxylic acids is 2. The van der Waals surface area contributed by atoms with Crippen LogP contribution in [0, 0.1) is 0 Å². The number of amides is 2. The van der Waals surface area contributed by atoms with Crippen LogP contribution in [0.25, 0.3) is 0 Å². The molecule has 0 saturated heterocycles. The van der Waals surface area contributed by atoms with Crippen molar-refractivity contribution in [1.82, 2.24) is 4.98 Å². The molecule has 6 nitrogen and oxygen atoms in total. The molecular weight excluding hydrogens is 338 g/mol. The highest BCUT2D eigenvalue weighted by atomic mass is 79.9. The Morgan fingerprint density at radius 1 is 1.19 bits per heavy atom. The Labute approximate surface area is 129 Å². The predicted molar refractivity (Wildman–Crippen MR) is 81.0 cm³/mol. The molecule has 0 aliphatic rings. The van der Waals surface area contributed by atoms with Crippen LogP contribution >= 0.6 is 15.9 Å². The molecule has 7 heteroatoms. The quantitative estimate of drug-likeness (QED) is 0.862. The minimum absolute atomic E-state index is 0.186. The fourth-order valence-electron chi connectivity index (χ4n) is 1.49. The molecule has 0 radical (unpaired) electrons. The first-order valence-electron chi connectivity index (χ1n) is 5.98. The van der Waals surface area contributed by atoms with E-state index in [0.717, 1.165) is 4.47 Å². The van der Waals surface area contributed by atoms with Gasteiger partial charge < -0.3 is 15.8 Å². The van der Waals surface area contributed by atoms with Crippen LogP contribution in [0.5, 0.6) is 5.75 Å². The van der Waals surface area contributed by atoms with Gasteiger partial charge in [0.15, 0.2) is 6.61 Å². The maximum absolute atomic E-state index is 11.9. The average Bonchev–Trinajstić information content (AvgIpc) is 2.47. The lowest BCUT2D eigenvalue weighted by Crippen LogP contribution is -2.20. The Hall–Kier alpha value is -2.41. The van der Waals surface area contributed by atoms with E-state index in [9.17, 15) is 9.59 Å². The van der Waals surface area contributed by atoms with Crippen molar-refractivity contribution in [2.75, 3.05) is 11.9 Å². The third-order valence-electron chi connectivity index (χ3n) is 2.45. The molecule has 0 aliphatic heterocycles. The fraction of sp³-hybridized carbons (Fsp3) is 0.0714. The highest BCUT2D eigenvalue weighted by Gasteiger charge is 2.07. The summed E-state index contributed by atoms with van der Waals surface area (Å²) in [6.07, 6.45) is 1.55. The molecule has 0 saturated carbocycles. The van der Waals surface area contributed by atoms with Gasteiger partial charge in [-0.1, -0.05) is 0 Å². The van der Waals surface area contributed by atoms with Crippen molar-refractivity contribution < 1.29 is 14.3 Å². The van der Waals surface area contributed by atoms with E-state index in [2.05, 4.69) is 26.2 Å². The number of nitrogens with one attached hydrogen (secondary N) is 1. The summed E-state index contributed by atoms with van der Waals surface area (Å²) < 4.78 is 5.92. The van der Waals surface area contributed by atoms with Gasteiger partial charge in [-0.3, -0.25) is 9.59 Å². The summed E-state index contributed by atoms with van der Waals surface area (Å²) in [5.41, 5.74) is 5.89. The largest absolute Gasteiger partial charge is 0.484 e. The zero-order valence-corrected chi connectivity index (χ0v) is 12.5. The summed E-state index contributed by atoms with van der Waals surface area (Å²) in [4.78, 5) is 26.5. The second kappa shape index (κ2) is 6.85. The molecule has 0 unspecified atom stereocenters. The first-order valence-corrected chi connectivity index (χ1v) is 6.78. The molecule has 0 bridgehead atoms. The number of nitrogens with two attached hydrogens (primary N) is 1. The van der Waals surface area contributed by atoms with E-state index in [0.29, 0.717) is 17.1 Å². The van der Waals surface area contributed by atoms with Crippen LogP contribution in [0.15, 0.2) is 47.1 Å². The van der Waals surface area contributed by atoms with E-state index >= 15 is 0 Å². The summed E-state index contributed by atoms with van der Waals surface area (Å²) >= 11 is 3.25. The molecule has 1 aromatic heterocycles. The summed E-state index contributed by atoms with van der Waals surface area (Å²) in [7, 11) is 0. The normalized spacial score (nSPS) is 9.95.